The highest BCUT2D eigenvalue weighted by atomic mass is 15.1. The smallest absolute Gasteiger partial charge is 0.0679 e. The van der Waals surface area contributed by atoms with Gasteiger partial charge >= 0.3 is 0 Å². The normalized spacial score (nSPS) is 16.5. The van der Waals surface area contributed by atoms with Gasteiger partial charge in [0.15, 0.2) is 0 Å². The summed E-state index contributed by atoms with van der Waals surface area (Å²) in [6.07, 6.45) is 4.84. The first-order chi connectivity index (χ1) is 10.2. The largest absolute Gasteiger partial charge is 0.320 e. The van der Waals surface area contributed by atoms with Crippen molar-refractivity contribution in [3.63, 3.8) is 0 Å². The van der Waals surface area contributed by atoms with Crippen LogP contribution in [0.25, 0.3) is 0 Å². The van der Waals surface area contributed by atoms with Crippen molar-refractivity contribution in [3.8, 4) is 0 Å². The van der Waals surface area contributed by atoms with Crippen LogP contribution >= 0.6 is 0 Å². The minimum absolute atomic E-state index is 0.117. The average molecular weight is 281 g/mol. The first kappa shape index (κ1) is 14.2. The molecule has 1 unspecified atom stereocenters. The number of aromatic nitrogens is 2. The van der Waals surface area contributed by atoms with Crippen LogP contribution in [0.3, 0.4) is 0 Å². The van der Waals surface area contributed by atoms with Crippen LogP contribution < -0.4 is 5.73 Å². The molecule has 0 bridgehead atoms. The van der Waals surface area contributed by atoms with Gasteiger partial charge in [0, 0.05) is 0 Å². The Morgan fingerprint density at radius 1 is 1.24 bits per heavy atom. The van der Waals surface area contributed by atoms with E-state index in [-0.39, 0.29) is 6.04 Å². The number of benzene rings is 1. The maximum atomic E-state index is 6.52. The van der Waals surface area contributed by atoms with Crippen LogP contribution in [-0.2, 0) is 6.42 Å². The molecule has 1 atom stereocenters. The lowest BCUT2D eigenvalue weighted by Crippen LogP contribution is -2.17. The van der Waals surface area contributed by atoms with Gasteiger partial charge in [0.2, 0.25) is 0 Å². The van der Waals surface area contributed by atoms with Crippen molar-refractivity contribution in [1.29, 1.82) is 0 Å². The molecule has 0 amide bonds. The number of aryl methyl sites for hydroxylation is 2. The predicted molar refractivity (Wildman–Crippen MR) is 85.2 cm³/mol. The Labute approximate surface area is 126 Å². The van der Waals surface area contributed by atoms with Gasteiger partial charge in [0.25, 0.3) is 0 Å². The summed E-state index contributed by atoms with van der Waals surface area (Å²) in [5.41, 5.74) is 12.2. The molecule has 110 valence electrons. The predicted octanol–water partition coefficient (Wildman–Crippen LogP) is 3.66. The van der Waals surface area contributed by atoms with Crippen molar-refractivity contribution in [1.82, 2.24) is 10.2 Å². The first-order valence-electron chi connectivity index (χ1n) is 7.87. The van der Waals surface area contributed by atoms with E-state index >= 15 is 0 Å². The zero-order chi connectivity index (χ0) is 14.8. The summed E-state index contributed by atoms with van der Waals surface area (Å²) >= 11 is 0. The Kier molecular flexibility index (Phi) is 4.02. The molecule has 2 N–H and O–H groups in total. The van der Waals surface area contributed by atoms with E-state index in [1.54, 1.807) is 0 Å². The standard InChI is InChI=1S/C18H23N3/c1-3-17-16(10-12(2)20-21-17)18(19)15-9-5-8-14(11-15)13-6-4-7-13/h5,8-11,13,18H,3-4,6-7,19H2,1-2H3. The van der Waals surface area contributed by atoms with E-state index in [0.29, 0.717) is 0 Å². The van der Waals surface area contributed by atoms with Crippen molar-refractivity contribution in [3.05, 3.63) is 58.4 Å². The summed E-state index contributed by atoms with van der Waals surface area (Å²) in [6.45, 7) is 4.06. The monoisotopic (exact) mass is 281 g/mol. The molecular weight excluding hydrogens is 258 g/mol. The average Bonchev–Trinajstić information content (AvgIpc) is 2.45. The van der Waals surface area contributed by atoms with Crippen molar-refractivity contribution < 1.29 is 0 Å². The van der Waals surface area contributed by atoms with Crippen LogP contribution in [-0.4, -0.2) is 10.2 Å². The van der Waals surface area contributed by atoms with Gasteiger partial charge in [-0.2, -0.15) is 10.2 Å². The molecule has 0 spiro atoms. The maximum absolute atomic E-state index is 6.52. The van der Waals surface area contributed by atoms with E-state index in [4.69, 9.17) is 5.73 Å². The maximum Gasteiger partial charge on any atom is 0.0679 e. The van der Waals surface area contributed by atoms with E-state index in [2.05, 4.69) is 47.5 Å². The highest BCUT2D eigenvalue weighted by Crippen LogP contribution is 2.37. The summed E-state index contributed by atoms with van der Waals surface area (Å²) in [4.78, 5) is 0. The third-order valence-electron chi connectivity index (χ3n) is 4.54. The first-order valence-corrected chi connectivity index (χ1v) is 7.87. The fourth-order valence-corrected chi connectivity index (χ4v) is 3.01. The number of hydrogen-bond donors (Lipinski definition) is 1. The van der Waals surface area contributed by atoms with Crippen molar-refractivity contribution >= 4 is 0 Å². The van der Waals surface area contributed by atoms with Gasteiger partial charge < -0.3 is 5.73 Å². The quantitative estimate of drug-likeness (QED) is 0.930. The number of hydrogen-bond acceptors (Lipinski definition) is 3. The lowest BCUT2D eigenvalue weighted by molar-refractivity contribution is 0.419. The lowest BCUT2D eigenvalue weighted by Gasteiger charge is -2.27. The highest BCUT2D eigenvalue weighted by Gasteiger charge is 2.21. The third kappa shape index (κ3) is 2.84. The number of nitrogens with two attached hydrogens (primary N) is 1. The van der Waals surface area contributed by atoms with Crippen LogP contribution in [0, 0.1) is 6.92 Å². The lowest BCUT2D eigenvalue weighted by atomic mass is 9.79. The number of rotatable bonds is 4. The zero-order valence-corrected chi connectivity index (χ0v) is 12.8. The van der Waals surface area contributed by atoms with Gasteiger partial charge in [0.05, 0.1) is 17.4 Å². The minimum atomic E-state index is -0.117. The summed E-state index contributed by atoms with van der Waals surface area (Å²) in [5.74, 6) is 0.736. The molecule has 2 aromatic rings. The molecule has 1 aliphatic carbocycles. The molecule has 1 aromatic heterocycles. The number of nitrogens with zero attached hydrogens (tertiary/aromatic N) is 2. The Bertz CT molecular complexity index is 632. The van der Waals surface area contributed by atoms with Gasteiger partial charge in [-0.05, 0) is 54.9 Å². The van der Waals surface area contributed by atoms with Gasteiger partial charge in [-0.15, -0.1) is 0 Å². The summed E-state index contributed by atoms with van der Waals surface area (Å²) in [5, 5.41) is 8.45. The Morgan fingerprint density at radius 2 is 2.05 bits per heavy atom. The molecule has 0 radical (unpaired) electrons. The van der Waals surface area contributed by atoms with E-state index in [1.807, 2.05) is 6.92 Å². The van der Waals surface area contributed by atoms with Crippen LogP contribution in [0.2, 0.25) is 0 Å². The SMILES string of the molecule is CCc1nnc(C)cc1C(N)c1cccc(C2CCC2)c1. The second-order valence-corrected chi connectivity index (χ2v) is 6.02. The molecule has 1 heterocycles. The van der Waals surface area contributed by atoms with Gasteiger partial charge in [-0.3, -0.25) is 0 Å². The zero-order valence-electron chi connectivity index (χ0n) is 12.8. The van der Waals surface area contributed by atoms with Crippen LogP contribution in [0.15, 0.2) is 30.3 Å². The van der Waals surface area contributed by atoms with Crippen molar-refractivity contribution in [2.24, 2.45) is 5.73 Å². The van der Waals surface area contributed by atoms with Gasteiger partial charge in [-0.25, -0.2) is 0 Å². The fraction of sp³-hybridized carbons (Fsp3) is 0.444. The molecule has 1 fully saturated rings. The van der Waals surface area contributed by atoms with Gasteiger partial charge in [-0.1, -0.05) is 37.6 Å². The Hall–Kier alpha value is -1.74. The molecule has 1 saturated carbocycles. The molecule has 3 nitrogen and oxygen atoms in total. The van der Waals surface area contributed by atoms with E-state index < -0.39 is 0 Å². The molecule has 1 aromatic carbocycles. The second-order valence-electron chi connectivity index (χ2n) is 6.02. The fourth-order valence-electron chi connectivity index (χ4n) is 3.01. The molecule has 3 heteroatoms. The van der Waals surface area contributed by atoms with Crippen molar-refractivity contribution in [2.45, 2.75) is 51.5 Å². The Morgan fingerprint density at radius 3 is 2.71 bits per heavy atom. The molecule has 21 heavy (non-hydrogen) atoms. The third-order valence-corrected chi connectivity index (χ3v) is 4.54. The summed E-state index contributed by atoms with van der Waals surface area (Å²) < 4.78 is 0. The van der Waals surface area contributed by atoms with Gasteiger partial charge in [0.1, 0.15) is 0 Å². The van der Waals surface area contributed by atoms with Crippen LogP contribution in [0.1, 0.15) is 66.2 Å². The molecule has 3 rings (SSSR count). The van der Waals surface area contributed by atoms with Crippen LogP contribution in [0.4, 0.5) is 0 Å². The van der Waals surface area contributed by atoms with E-state index in [1.165, 1.54) is 30.4 Å². The summed E-state index contributed by atoms with van der Waals surface area (Å²) in [7, 11) is 0. The topological polar surface area (TPSA) is 51.8 Å². The van der Waals surface area contributed by atoms with E-state index in [0.717, 1.165) is 29.3 Å². The molecular formula is C18H23N3. The van der Waals surface area contributed by atoms with Crippen molar-refractivity contribution in [2.75, 3.05) is 0 Å². The molecule has 1 aliphatic rings. The molecule has 0 aliphatic heterocycles. The molecule has 0 saturated heterocycles. The van der Waals surface area contributed by atoms with E-state index in [9.17, 15) is 0 Å². The summed E-state index contributed by atoms with van der Waals surface area (Å²) in [6, 6.07) is 10.7. The Balaban J connectivity index is 1.94. The minimum Gasteiger partial charge on any atom is -0.320 e. The highest BCUT2D eigenvalue weighted by molar-refractivity contribution is 5.37. The second kappa shape index (κ2) is 5.94. The van der Waals surface area contributed by atoms with Crippen LogP contribution in [0.5, 0.6) is 0 Å².